The Balaban J connectivity index is 2.39. The van der Waals surface area contributed by atoms with E-state index in [2.05, 4.69) is 5.32 Å². The third-order valence-corrected chi connectivity index (χ3v) is 6.74. The second-order valence-electron chi connectivity index (χ2n) is 4.59. The van der Waals surface area contributed by atoms with Crippen molar-refractivity contribution < 1.29 is 13.2 Å². The molecule has 1 aliphatic rings. The number of sulfonamides is 1. The number of aryl methyl sites for hydroxylation is 1. The van der Waals surface area contributed by atoms with Crippen LogP contribution in [0.4, 0.5) is 0 Å². The van der Waals surface area contributed by atoms with E-state index in [1.165, 1.54) is 11.4 Å². The minimum Gasteiger partial charge on any atom is -0.358 e. The van der Waals surface area contributed by atoms with Crippen molar-refractivity contribution in [3.63, 3.8) is 0 Å². The Kier molecular flexibility index (Phi) is 3.95. The number of thiophene rings is 1. The van der Waals surface area contributed by atoms with Crippen molar-refractivity contribution in [2.45, 2.75) is 29.6 Å². The molecule has 1 aliphatic heterocycles. The van der Waals surface area contributed by atoms with E-state index < -0.39 is 16.1 Å². The highest BCUT2D eigenvalue weighted by atomic mass is 32.2. The van der Waals surface area contributed by atoms with Crippen LogP contribution in [0.1, 0.15) is 12.0 Å². The Morgan fingerprint density at radius 2 is 2.26 bits per heavy atom. The monoisotopic (exact) mass is 303 g/mol. The predicted octanol–water partition coefficient (Wildman–Crippen LogP) is -0.107. The number of nitrogens with zero attached hydrogens (tertiary/aromatic N) is 1. The molecule has 6 nitrogen and oxygen atoms in total. The van der Waals surface area contributed by atoms with E-state index in [0.29, 0.717) is 12.0 Å². The average Bonchev–Trinajstić information content (AvgIpc) is 2.94. The highest BCUT2D eigenvalue weighted by Gasteiger charge is 2.43. The quantitative estimate of drug-likeness (QED) is 0.815. The number of amides is 1. The molecule has 2 rings (SSSR count). The summed E-state index contributed by atoms with van der Waals surface area (Å²) < 4.78 is 26.7. The zero-order valence-electron chi connectivity index (χ0n) is 10.8. The summed E-state index contributed by atoms with van der Waals surface area (Å²) in [6.45, 7) is 1.92. The maximum atomic E-state index is 12.6. The summed E-state index contributed by atoms with van der Waals surface area (Å²) in [5, 5.41) is 4.22. The Morgan fingerprint density at radius 1 is 1.58 bits per heavy atom. The summed E-state index contributed by atoms with van der Waals surface area (Å²) in [6.07, 6.45) is 0.351. The molecule has 0 bridgehead atoms. The summed E-state index contributed by atoms with van der Waals surface area (Å²) in [6, 6.07) is 0.728. The van der Waals surface area contributed by atoms with E-state index in [1.54, 1.807) is 18.4 Å². The number of nitrogens with one attached hydrogen (secondary N) is 1. The molecule has 1 fully saturated rings. The van der Waals surface area contributed by atoms with E-state index in [9.17, 15) is 13.2 Å². The summed E-state index contributed by atoms with van der Waals surface area (Å²) in [4.78, 5) is 11.8. The number of hydrogen-bond donors (Lipinski definition) is 2. The van der Waals surface area contributed by atoms with Gasteiger partial charge in [-0.3, -0.25) is 4.79 Å². The molecule has 2 heterocycles. The lowest BCUT2D eigenvalue weighted by molar-refractivity contribution is -0.123. The predicted molar refractivity (Wildman–Crippen MR) is 73.4 cm³/mol. The molecule has 2 atom stereocenters. The lowest BCUT2D eigenvalue weighted by Gasteiger charge is -2.22. The average molecular weight is 303 g/mol. The summed E-state index contributed by atoms with van der Waals surface area (Å²) in [5.74, 6) is -0.314. The van der Waals surface area contributed by atoms with Gasteiger partial charge >= 0.3 is 0 Å². The van der Waals surface area contributed by atoms with E-state index in [-0.39, 0.29) is 22.7 Å². The zero-order valence-corrected chi connectivity index (χ0v) is 12.4. The van der Waals surface area contributed by atoms with Crippen LogP contribution < -0.4 is 11.1 Å². The molecule has 1 aromatic heterocycles. The molecule has 3 N–H and O–H groups in total. The highest BCUT2D eigenvalue weighted by molar-refractivity contribution is 7.91. The first-order valence-electron chi connectivity index (χ1n) is 5.91. The van der Waals surface area contributed by atoms with Gasteiger partial charge in [-0.2, -0.15) is 4.31 Å². The van der Waals surface area contributed by atoms with E-state index in [0.717, 1.165) is 11.3 Å². The van der Waals surface area contributed by atoms with Crippen molar-refractivity contribution >= 4 is 27.3 Å². The van der Waals surface area contributed by atoms with Gasteiger partial charge in [0, 0.05) is 19.6 Å². The molecule has 8 heteroatoms. The minimum atomic E-state index is -3.65. The third kappa shape index (κ3) is 2.53. The second kappa shape index (κ2) is 5.20. The first-order valence-corrected chi connectivity index (χ1v) is 8.23. The van der Waals surface area contributed by atoms with Crippen LogP contribution in [0.5, 0.6) is 0 Å². The van der Waals surface area contributed by atoms with Gasteiger partial charge in [0.25, 0.3) is 10.0 Å². The number of nitrogens with two attached hydrogens (primary N) is 1. The lowest BCUT2D eigenvalue weighted by atomic mass is 10.2. The lowest BCUT2D eigenvalue weighted by Crippen LogP contribution is -2.44. The maximum Gasteiger partial charge on any atom is 0.253 e. The second-order valence-corrected chi connectivity index (χ2v) is 7.59. The van der Waals surface area contributed by atoms with Gasteiger partial charge in [0.1, 0.15) is 10.3 Å². The topological polar surface area (TPSA) is 92.5 Å². The van der Waals surface area contributed by atoms with Gasteiger partial charge in [0.05, 0.1) is 0 Å². The summed E-state index contributed by atoms with van der Waals surface area (Å²) >= 11 is 1.16. The third-order valence-electron chi connectivity index (χ3n) is 3.20. The Hall–Kier alpha value is -0.960. The van der Waals surface area contributed by atoms with Crippen LogP contribution in [0.15, 0.2) is 15.7 Å². The number of likely N-dealkylation sites (N-methyl/N-ethyl adjacent to an activating group) is 1. The van der Waals surface area contributed by atoms with Crippen LogP contribution in [0.25, 0.3) is 0 Å². The Morgan fingerprint density at radius 3 is 2.79 bits per heavy atom. The van der Waals surface area contributed by atoms with Crippen LogP contribution in [-0.4, -0.2) is 44.3 Å². The first kappa shape index (κ1) is 14.4. The SMILES string of the molecule is CNC(=O)[C@@H]1C[C@@H](N)CN1S(=O)(=O)c1sccc1C. The van der Waals surface area contributed by atoms with Gasteiger partial charge in [-0.15, -0.1) is 11.3 Å². The molecule has 0 aliphatic carbocycles. The van der Waals surface area contributed by atoms with Gasteiger partial charge in [-0.1, -0.05) is 0 Å². The molecule has 0 aromatic carbocycles. The first-order chi connectivity index (χ1) is 8.87. The molecule has 106 valence electrons. The molecule has 19 heavy (non-hydrogen) atoms. The number of carbonyl (C=O) groups excluding carboxylic acids is 1. The van der Waals surface area contributed by atoms with Crippen LogP contribution in [-0.2, 0) is 14.8 Å². The maximum absolute atomic E-state index is 12.6. The highest BCUT2D eigenvalue weighted by Crippen LogP contribution is 2.30. The van der Waals surface area contributed by atoms with Crippen molar-refractivity contribution in [3.8, 4) is 0 Å². The largest absolute Gasteiger partial charge is 0.358 e. The van der Waals surface area contributed by atoms with E-state index in [1.807, 2.05) is 0 Å². The normalized spacial score (nSPS) is 24.6. The fraction of sp³-hybridized carbons (Fsp3) is 0.545. The molecule has 1 amide bonds. The van der Waals surface area contributed by atoms with Gasteiger partial charge in [0.2, 0.25) is 5.91 Å². The summed E-state index contributed by atoms with van der Waals surface area (Å²) in [5.41, 5.74) is 6.51. The Labute approximate surface area is 116 Å². The number of rotatable bonds is 3. The van der Waals surface area contributed by atoms with Crippen molar-refractivity contribution in [2.75, 3.05) is 13.6 Å². The molecule has 0 unspecified atom stereocenters. The smallest absolute Gasteiger partial charge is 0.253 e. The van der Waals surface area contributed by atoms with E-state index in [4.69, 9.17) is 5.73 Å². The summed E-state index contributed by atoms with van der Waals surface area (Å²) in [7, 11) is -2.16. The van der Waals surface area contributed by atoms with Crippen LogP contribution >= 0.6 is 11.3 Å². The Bertz CT molecular complexity index is 582. The van der Waals surface area contributed by atoms with Gasteiger partial charge < -0.3 is 11.1 Å². The van der Waals surface area contributed by atoms with Crippen molar-refractivity contribution in [3.05, 3.63) is 17.0 Å². The fourth-order valence-electron chi connectivity index (χ4n) is 2.24. The van der Waals surface area contributed by atoms with Gasteiger partial charge in [-0.25, -0.2) is 8.42 Å². The van der Waals surface area contributed by atoms with Crippen molar-refractivity contribution in [1.29, 1.82) is 0 Å². The molecular weight excluding hydrogens is 286 g/mol. The zero-order chi connectivity index (χ0) is 14.2. The van der Waals surface area contributed by atoms with Crippen LogP contribution in [0, 0.1) is 6.92 Å². The van der Waals surface area contributed by atoms with Crippen molar-refractivity contribution in [1.82, 2.24) is 9.62 Å². The molecule has 1 saturated heterocycles. The number of carbonyl (C=O) groups is 1. The molecule has 0 spiro atoms. The molecular formula is C11H17N3O3S2. The number of hydrogen-bond acceptors (Lipinski definition) is 5. The van der Waals surface area contributed by atoms with E-state index >= 15 is 0 Å². The van der Waals surface area contributed by atoms with Crippen LogP contribution in [0.2, 0.25) is 0 Å². The minimum absolute atomic E-state index is 0.178. The van der Waals surface area contributed by atoms with Crippen molar-refractivity contribution in [2.24, 2.45) is 5.73 Å². The fourth-order valence-corrected chi connectivity index (χ4v) is 5.42. The standard InChI is InChI=1S/C11H17N3O3S2/c1-7-3-4-18-11(7)19(16,17)14-6-8(12)5-9(14)10(15)13-2/h3-4,8-9H,5-6,12H2,1-2H3,(H,13,15)/t8-,9+/m1/s1. The van der Waals surface area contributed by atoms with Gasteiger partial charge in [0.15, 0.2) is 0 Å². The molecule has 0 saturated carbocycles. The molecule has 0 radical (unpaired) electrons. The van der Waals surface area contributed by atoms with Crippen LogP contribution in [0.3, 0.4) is 0 Å². The van der Waals surface area contributed by atoms with Gasteiger partial charge in [-0.05, 0) is 30.4 Å². The molecule has 1 aromatic rings.